The van der Waals surface area contributed by atoms with Crippen molar-refractivity contribution in [1.29, 1.82) is 0 Å². The van der Waals surface area contributed by atoms with Crippen molar-refractivity contribution in [3.8, 4) is 0 Å². The number of nitrogens with zero attached hydrogens (tertiary/aromatic N) is 1. The SMILES string of the molecule is CCOC(=O)c1cnc(CCl)cc1Cl. The van der Waals surface area contributed by atoms with Crippen LogP contribution >= 0.6 is 23.2 Å². The number of alkyl halides is 1. The molecule has 3 nitrogen and oxygen atoms in total. The predicted octanol–water partition coefficient (Wildman–Crippen LogP) is 2.65. The smallest absolute Gasteiger partial charge is 0.341 e. The summed E-state index contributed by atoms with van der Waals surface area (Å²) in [5, 5.41) is 0.314. The normalized spacial score (nSPS) is 9.93. The number of esters is 1. The Balaban J connectivity index is 2.94. The number of aromatic nitrogens is 1. The van der Waals surface area contributed by atoms with Crippen molar-refractivity contribution in [2.75, 3.05) is 6.61 Å². The van der Waals surface area contributed by atoms with Crippen molar-refractivity contribution in [3.63, 3.8) is 0 Å². The molecular formula is C9H9Cl2NO2. The quantitative estimate of drug-likeness (QED) is 0.596. The van der Waals surface area contributed by atoms with Crippen LogP contribution in [-0.2, 0) is 10.6 Å². The fourth-order valence-electron chi connectivity index (χ4n) is 0.903. The first-order valence-electron chi connectivity index (χ1n) is 4.06. The molecule has 76 valence electrons. The van der Waals surface area contributed by atoms with Gasteiger partial charge >= 0.3 is 5.97 Å². The van der Waals surface area contributed by atoms with Crippen LogP contribution in [0.5, 0.6) is 0 Å². The van der Waals surface area contributed by atoms with Crippen LogP contribution in [0.3, 0.4) is 0 Å². The van der Waals surface area contributed by atoms with Gasteiger partial charge in [-0.15, -0.1) is 11.6 Å². The van der Waals surface area contributed by atoms with Crippen LogP contribution in [0.4, 0.5) is 0 Å². The lowest BCUT2D eigenvalue weighted by atomic mass is 10.2. The summed E-state index contributed by atoms with van der Waals surface area (Å²) < 4.78 is 4.79. The van der Waals surface area contributed by atoms with E-state index >= 15 is 0 Å². The molecular weight excluding hydrogens is 225 g/mol. The summed E-state index contributed by atoms with van der Waals surface area (Å²) in [6.45, 7) is 2.04. The molecule has 0 spiro atoms. The second-order valence-corrected chi connectivity index (χ2v) is 3.18. The topological polar surface area (TPSA) is 39.2 Å². The van der Waals surface area contributed by atoms with Gasteiger partial charge in [-0.1, -0.05) is 11.6 Å². The van der Waals surface area contributed by atoms with Crippen LogP contribution in [0.25, 0.3) is 0 Å². The number of halogens is 2. The van der Waals surface area contributed by atoms with Crippen molar-refractivity contribution < 1.29 is 9.53 Å². The molecule has 1 aromatic rings. The van der Waals surface area contributed by atoms with Gasteiger partial charge in [0.25, 0.3) is 0 Å². The highest BCUT2D eigenvalue weighted by Gasteiger charge is 2.12. The molecule has 1 rings (SSSR count). The van der Waals surface area contributed by atoms with Crippen LogP contribution in [-0.4, -0.2) is 17.6 Å². The van der Waals surface area contributed by atoms with Crippen LogP contribution in [0.2, 0.25) is 5.02 Å². The molecule has 0 aliphatic rings. The van der Waals surface area contributed by atoms with E-state index in [1.54, 1.807) is 13.0 Å². The second kappa shape index (κ2) is 5.17. The molecule has 0 aliphatic heterocycles. The van der Waals surface area contributed by atoms with E-state index in [-0.39, 0.29) is 11.4 Å². The van der Waals surface area contributed by atoms with Gasteiger partial charge in [0.1, 0.15) is 0 Å². The third-order valence-corrected chi connectivity index (χ3v) is 2.13. The van der Waals surface area contributed by atoms with E-state index < -0.39 is 5.97 Å². The standard InChI is InChI=1S/C9H9Cl2NO2/c1-2-14-9(13)7-5-12-6(4-10)3-8(7)11/h3,5H,2,4H2,1H3. The molecule has 0 saturated heterocycles. The zero-order chi connectivity index (χ0) is 10.6. The van der Waals surface area contributed by atoms with Crippen molar-refractivity contribution in [2.24, 2.45) is 0 Å². The summed E-state index contributed by atoms with van der Waals surface area (Å²) in [6, 6.07) is 1.56. The molecule has 0 unspecified atom stereocenters. The Morgan fingerprint density at radius 2 is 2.36 bits per heavy atom. The van der Waals surface area contributed by atoms with Gasteiger partial charge in [-0.05, 0) is 13.0 Å². The van der Waals surface area contributed by atoms with E-state index in [2.05, 4.69) is 4.98 Å². The Kier molecular flexibility index (Phi) is 4.17. The highest BCUT2D eigenvalue weighted by atomic mass is 35.5. The maximum atomic E-state index is 11.3. The first kappa shape index (κ1) is 11.3. The average Bonchev–Trinajstić information content (AvgIpc) is 2.17. The summed E-state index contributed by atoms with van der Waals surface area (Å²) in [7, 11) is 0. The molecule has 1 heterocycles. The summed E-state index contributed by atoms with van der Waals surface area (Å²) in [6.07, 6.45) is 1.37. The molecule has 14 heavy (non-hydrogen) atoms. The van der Waals surface area contributed by atoms with Crippen molar-refractivity contribution in [2.45, 2.75) is 12.8 Å². The average molecular weight is 234 g/mol. The lowest BCUT2D eigenvalue weighted by Crippen LogP contribution is -2.06. The lowest BCUT2D eigenvalue weighted by Gasteiger charge is -2.04. The van der Waals surface area contributed by atoms with E-state index in [1.165, 1.54) is 6.20 Å². The Morgan fingerprint density at radius 1 is 1.64 bits per heavy atom. The van der Waals surface area contributed by atoms with Gasteiger partial charge in [0.15, 0.2) is 0 Å². The van der Waals surface area contributed by atoms with Gasteiger partial charge in [0.05, 0.1) is 28.8 Å². The van der Waals surface area contributed by atoms with E-state index in [0.717, 1.165) is 0 Å². The molecule has 0 aromatic carbocycles. The van der Waals surface area contributed by atoms with E-state index in [4.69, 9.17) is 27.9 Å². The molecule has 0 atom stereocenters. The minimum Gasteiger partial charge on any atom is -0.462 e. The maximum absolute atomic E-state index is 11.3. The van der Waals surface area contributed by atoms with Crippen molar-refractivity contribution >= 4 is 29.2 Å². The minimum absolute atomic E-state index is 0.266. The minimum atomic E-state index is -0.467. The first-order chi connectivity index (χ1) is 6.69. The molecule has 0 fully saturated rings. The number of pyridine rings is 1. The number of ether oxygens (including phenoxy) is 1. The molecule has 0 bridgehead atoms. The van der Waals surface area contributed by atoms with Gasteiger partial charge < -0.3 is 4.74 Å². The molecule has 0 amide bonds. The maximum Gasteiger partial charge on any atom is 0.341 e. The third-order valence-electron chi connectivity index (χ3n) is 1.54. The Bertz CT molecular complexity index is 342. The van der Waals surface area contributed by atoms with Gasteiger partial charge in [0.2, 0.25) is 0 Å². The molecule has 1 aromatic heterocycles. The van der Waals surface area contributed by atoms with E-state index in [1.807, 2.05) is 0 Å². The Labute approximate surface area is 92.0 Å². The Hall–Kier alpha value is -0.800. The third kappa shape index (κ3) is 2.59. The molecule has 0 saturated carbocycles. The first-order valence-corrected chi connectivity index (χ1v) is 4.97. The highest BCUT2D eigenvalue weighted by molar-refractivity contribution is 6.33. The van der Waals surface area contributed by atoms with Crippen LogP contribution in [0.15, 0.2) is 12.3 Å². The summed E-state index contributed by atoms with van der Waals surface area (Å²) in [5.41, 5.74) is 0.895. The largest absolute Gasteiger partial charge is 0.462 e. The summed E-state index contributed by atoms with van der Waals surface area (Å²) in [4.78, 5) is 15.2. The predicted molar refractivity (Wildman–Crippen MR) is 54.8 cm³/mol. The van der Waals surface area contributed by atoms with Gasteiger partial charge in [-0.25, -0.2) is 4.79 Å². The zero-order valence-electron chi connectivity index (χ0n) is 7.59. The monoisotopic (exact) mass is 233 g/mol. The number of hydrogen-bond donors (Lipinski definition) is 0. The molecule has 0 N–H and O–H groups in total. The number of carbonyl (C=O) groups excluding carboxylic acids is 1. The lowest BCUT2D eigenvalue weighted by molar-refractivity contribution is 0.0526. The van der Waals surface area contributed by atoms with Crippen LogP contribution in [0, 0.1) is 0 Å². The van der Waals surface area contributed by atoms with Gasteiger partial charge in [0, 0.05) is 6.20 Å². The number of carbonyl (C=O) groups is 1. The van der Waals surface area contributed by atoms with Crippen LogP contribution < -0.4 is 0 Å². The number of hydrogen-bond acceptors (Lipinski definition) is 3. The summed E-state index contributed by atoms with van der Waals surface area (Å²) >= 11 is 11.4. The number of rotatable bonds is 3. The second-order valence-electron chi connectivity index (χ2n) is 2.51. The Morgan fingerprint density at radius 3 is 2.86 bits per heavy atom. The molecule has 0 aliphatic carbocycles. The highest BCUT2D eigenvalue weighted by Crippen LogP contribution is 2.17. The van der Waals surface area contributed by atoms with Crippen LogP contribution in [0.1, 0.15) is 23.0 Å². The zero-order valence-corrected chi connectivity index (χ0v) is 9.10. The fourth-order valence-corrected chi connectivity index (χ4v) is 1.30. The molecule has 5 heteroatoms. The van der Waals surface area contributed by atoms with E-state index in [0.29, 0.717) is 17.3 Å². The van der Waals surface area contributed by atoms with Crippen molar-refractivity contribution in [1.82, 2.24) is 4.98 Å². The molecule has 0 radical (unpaired) electrons. The van der Waals surface area contributed by atoms with Crippen molar-refractivity contribution in [3.05, 3.63) is 28.5 Å². The van der Waals surface area contributed by atoms with Gasteiger partial charge in [-0.3, -0.25) is 4.98 Å². The van der Waals surface area contributed by atoms with Gasteiger partial charge in [-0.2, -0.15) is 0 Å². The van der Waals surface area contributed by atoms with E-state index in [9.17, 15) is 4.79 Å². The summed E-state index contributed by atoms with van der Waals surface area (Å²) in [5.74, 6) is -0.200. The fraction of sp³-hybridized carbons (Fsp3) is 0.333.